The van der Waals surface area contributed by atoms with Gasteiger partial charge in [-0.1, -0.05) is 74.7 Å². The van der Waals surface area contributed by atoms with Crippen LogP contribution >= 0.6 is 50.5 Å². The van der Waals surface area contributed by atoms with Crippen molar-refractivity contribution < 1.29 is 27.4 Å². The van der Waals surface area contributed by atoms with Gasteiger partial charge in [-0.15, -0.1) is 0 Å². The fourth-order valence-corrected chi connectivity index (χ4v) is 6.20. The Labute approximate surface area is 265 Å². The van der Waals surface area contributed by atoms with E-state index in [0.717, 1.165) is 21.5 Å². The minimum Gasteiger partial charge on any atom is -0.488 e. The smallest absolute Gasteiger partial charge is 0.434 e. The first-order valence-electron chi connectivity index (χ1n) is 12.7. The molecule has 1 atom stereocenters. The predicted molar refractivity (Wildman–Crippen MR) is 162 cm³/mol. The van der Waals surface area contributed by atoms with Crippen LogP contribution in [0.2, 0.25) is 10.0 Å². The topological polar surface area (TPSA) is 69.9 Å². The summed E-state index contributed by atoms with van der Waals surface area (Å²) in [5.74, 6) is -0.803. The van der Waals surface area contributed by atoms with E-state index < -0.39 is 35.0 Å². The first kappa shape index (κ1) is 31.1. The average Bonchev–Trinajstić information content (AvgIpc) is 3.26. The number of rotatable bonds is 7. The van der Waals surface area contributed by atoms with E-state index in [2.05, 4.69) is 20.9 Å². The monoisotopic (exact) mass is 710 g/mol. The fourth-order valence-electron chi connectivity index (χ4n) is 4.49. The molecule has 4 aromatic rings. The van der Waals surface area contributed by atoms with E-state index in [1.165, 1.54) is 37.3 Å². The number of benzene rings is 3. The van der Waals surface area contributed by atoms with E-state index in [9.17, 15) is 22.8 Å². The molecule has 2 heterocycles. The summed E-state index contributed by atoms with van der Waals surface area (Å²) < 4.78 is 55.9. The van der Waals surface area contributed by atoms with E-state index in [0.29, 0.717) is 25.8 Å². The maximum atomic E-state index is 14.3. The van der Waals surface area contributed by atoms with Crippen LogP contribution in [0.4, 0.5) is 13.2 Å². The molecule has 222 valence electrons. The highest BCUT2D eigenvalue weighted by molar-refractivity contribution is 9.10. The summed E-state index contributed by atoms with van der Waals surface area (Å²) in [5, 5.41) is 0.878. The van der Waals surface area contributed by atoms with Crippen LogP contribution in [0.3, 0.4) is 0 Å². The summed E-state index contributed by atoms with van der Waals surface area (Å²) in [6.07, 6.45) is -3.49. The number of alkyl halides is 3. The quantitative estimate of drug-likeness (QED) is 0.194. The molecule has 0 saturated heterocycles. The average molecular weight is 712 g/mol. The molecule has 0 N–H and O–H groups in total. The van der Waals surface area contributed by atoms with Gasteiger partial charge in [0.1, 0.15) is 12.4 Å². The van der Waals surface area contributed by atoms with Gasteiger partial charge >= 0.3 is 12.1 Å². The Morgan fingerprint density at radius 2 is 1.84 bits per heavy atom. The van der Waals surface area contributed by atoms with Crippen molar-refractivity contribution in [1.29, 1.82) is 0 Å². The van der Waals surface area contributed by atoms with Crippen molar-refractivity contribution >= 4 is 62.5 Å². The summed E-state index contributed by atoms with van der Waals surface area (Å²) in [6, 6.07) is 16.7. The molecule has 1 aliphatic rings. The Morgan fingerprint density at radius 1 is 1.09 bits per heavy atom. The fraction of sp³-hybridized carbons (Fsp3) is 0.167. The van der Waals surface area contributed by atoms with Crippen LogP contribution in [0.5, 0.6) is 5.75 Å². The molecule has 0 fully saturated rings. The minimum atomic E-state index is -5.01. The second-order valence-corrected chi connectivity index (χ2v) is 12.0. The lowest BCUT2D eigenvalue weighted by molar-refractivity contribution is -0.140. The number of carbonyl (C=O) groups excluding carboxylic acids is 1. The zero-order valence-electron chi connectivity index (χ0n) is 22.1. The highest BCUT2D eigenvalue weighted by Crippen LogP contribution is 2.38. The zero-order valence-corrected chi connectivity index (χ0v) is 26.0. The van der Waals surface area contributed by atoms with E-state index in [1.54, 1.807) is 36.4 Å². The molecule has 0 amide bonds. The molecule has 0 saturated carbocycles. The number of esters is 1. The number of fused-ring (bicyclic) bond motifs is 1. The van der Waals surface area contributed by atoms with E-state index in [-0.39, 0.29) is 28.1 Å². The van der Waals surface area contributed by atoms with Crippen LogP contribution in [-0.2, 0) is 16.1 Å². The third-order valence-corrected chi connectivity index (χ3v) is 8.29. The molecule has 1 aromatic heterocycles. The zero-order chi connectivity index (χ0) is 30.9. The van der Waals surface area contributed by atoms with Gasteiger partial charge in [-0.05, 0) is 66.6 Å². The Morgan fingerprint density at radius 3 is 2.51 bits per heavy atom. The molecule has 43 heavy (non-hydrogen) atoms. The summed E-state index contributed by atoms with van der Waals surface area (Å²) in [7, 11) is 0. The standard InChI is InChI=1S/C30H20BrCl2F3N2O4S/c1-2-41-28(40)24-25(17-6-9-20(32)10-7-17)38-27(39)23(43-29(38)37-26(24)30(34,35)36)14-18-13-19(31)8-11-22(18)42-15-16-4-3-5-21(33)12-16/h3-14,25H,2,15H2,1H3/b23-14-/t25-/m1/s1. The molecule has 0 radical (unpaired) electrons. The van der Waals surface area contributed by atoms with Crippen LogP contribution in [0.1, 0.15) is 29.7 Å². The second kappa shape index (κ2) is 12.7. The van der Waals surface area contributed by atoms with Crippen LogP contribution in [0.25, 0.3) is 6.08 Å². The Kier molecular flexibility index (Phi) is 9.17. The third kappa shape index (κ3) is 6.75. The Balaban J connectivity index is 1.69. The molecular weight excluding hydrogens is 692 g/mol. The largest absolute Gasteiger partial charge is 0.488 e. The van der Waals surface area contributed by atoms with Gasteiger partial charge in [0, 0.05) is 20.1 Å². The van der Waals surface area contributed by atoms with Crippen molar-refractivity contribution in [3.8, 4) is 5.75 Å². The predicted octanol–water partition coefficient (Wildman–Crippen LogP) is 6.99. The number of carbonyl (C=O) groups is 1. The molecule has 0 spiro atoms. The molecule has 1 aliphatic heterocycles. The molecule has 5 rings (SSSR count). The lowest BCUT2D eigenvalue weighted by Crippen LogP contribution is -2.41. The number of nitrogens with zero attached hydrogens (tertiary/aromatic N) is 2. The van der Waals surface area contributed by atoms with Crippen molar-refractivity contribution in [3.63, 3.8) is 0 Å². The lowest BCUT2D eigenvalue weighted by atomic mass is 9.95. The van der Waals surface area contributed by atoms with Gasteiger partial charge in [-0.2, -0.15) is 13.2 Å². The van der Waals surface area contributed by atoms with Gasteiger partial charge in [0.25, 0.3) is 5.56 Å². The molecule has 13 heteroatoms. The van der Waals surface area contributed by atoms with Crippen molar-refractivity contribution in [2.24, 2.45) is 4.99 Å². The van der Waals surface area contributed by atoms with Gasteiger partial charge < -0.3 is 9.47 Å². The van der Waals surface area contributed by atoms with E-state index in [4.69, 9.17) is 32.7 Å². The number of allylic oxidation sites excluding steroid dienone is 1. The first-order valence-corrected chi connectivity index (χ1v) is 15.1. The molecule has 3 aromatic carbocycles. The highest BCUT2D eigenvalue weighted by atomic mass is 79.9. The van der Waals surface area contributed by atoms with Gasteiger partial charge in [0.15, 0.2) is 10.5 Å². The number of aromatic nitrogens is 1. The lowest BCUT2D eigenvalue weighted by Gasteiger charge is -2.26. The Bertz CT molecular complexity index is 1920. The van der Waals surface area contributed by atoms with E-state index >= 15 is 0 Å². The molecule has 6 nitrogen and oxygen atoms in total. The van der Waals surface area contributed by atoms with Crippen LogP contribution in [-0.4, -0.2) is 23.3 Å². The maximum absolute atomic E-state index is 14.3. The van der Waals surface area contributed by atoms with Crippen LogP contribution < -0.4 is 19.6 Å². The first-order chi connectivity index (χ1) is 20.5. The van der Waals surface area contributed by atoms with Crippen molar-refractivity contribution in [1.82, 2.24) is 4.57 Å². The van der Waals surface area contributed by atoms with Gasteiger partial charge in [0.05, 0.1) is 22.8 Å². The van der Waals surface area contributed by atoms with Crippen molar-refractivity contribution in [2.45, 2.75) is 25.7 Å². The van der Waals surface area contributed by atoms with Crippen molar-refractivity contribution in [3.05, 3.63) is 129 Å². The van der Waals surface area contributed by atoms with Crippen molar-refractivity contribution in [2.75, 3.05) is 6.61 Å². The molecule has 0 bridgehead atoms. The van der Waals surface area contributed by atoms with Gasteiger partial charge in [-0.25, -0.2) is 9.79 Å². The maximum Gasteiger partial charge on any atom is 0.434 e. The highest BCUT2D eigenvalue weighted by Gasteiger charge is 2.45. The second-order valence-electron chi connectivity index (χ2n) is 9.22. The molecule has 0 unspecified atom stereocenters. The van der Waals surface area contributed by atoms with Crippen LogP contribution in [0, 0.1) is 0 Å². The SMILES string of the molecule is CCOC(=O)C1=C(C(F)(F)F)N=c2s/c(=C\c3cc(Br)ccc3OCc3cccc(Cl)c3)c(=O)n2[C@@H]1c1ccc(Cl)cc1. The molecule has 0 aliphatic carbocycles. The number of hydrogen-bond acceptors (Lipinski definition) is 6. The normalized spacial score (nSPS) is 15.2. The number of halogens is 6. The van der Waals surface area contributed by atoms with Gasteiger partial charge in [0.2, 0.25) is 0 Å². The molecular formula is C30H20BrCl2F3N2O4S. The number of hydrogen-bond donors (Lipinski definition) is 0. The summed E-state index contributed by atoms with van der Waals surface area (Å²) >= 11 is 16.3. The third-order valence-electron chi connectivity index (χ3n) is 6.32. The van der Waals surface area contributed by atoms with Crippen LogP contribution in [0.15, 0.2) is 92.3 Å². The van der Waals surface area contributed by atoms with E-state index in [1.807, 2.05) is 6.07 Å². The summed E-state index contributed by atoms with van der Waals surface area (Å²) in [5.41, 5.74) is -1.33. The minimum absolute atomic E-state index is 0.0788. The summed E-state index contributed by atoms with van der Waals surface area (Å²) in [6.45, 7) is 1.48. The number of ether oxygens (including phenoxy) is 2. The van der Waals surface area contributed by atoms with Gasteiger partial charge in [-0.3, -0.25) is 9.36 Å². The summed E-state index contributed by atoms with van der Waals surface area (Å²) in [4.78, 5) is 30.4. The number of thiazole rings is 1. The Hall–Kier alpha value is -3.38.